The van der Waals surface area contributed by atoms with Gasteiger partial charge in [0.15, 0.2) is 0 Å². The third-order valence-electron chi connectivity index (χ3n) is 12.8. The highest BCUT2D eigenvalue weighted by Crippen LogP contribution is 2.31. The van der Waals surface area contributed by atoms with Gasteiger partial charge in [0.05, 0.1) is 46.1 Å². The summed E-state index contributed by atoms with van der Waals surface area (Å²) in [6, 6.07) is 29.6. The van der Waals surface area contributed by atoms with Gasteiger partial charge in [0, 0.05) is 34.9 Å². The number of rotatable bonds is 21. The van der Waals surface area contributed by atoms with Crippen molar-refractivity contribution in [3.8, 4) is 23.2 Å². The van der Waals surface area contributed by atoms with E-state index in [1.807, 2.05) is 60.7 Å². The molecule has 4 aromatic heterocycles. The molecule has 12 heteroatoms. The minimum absolute atomic E-state index is 0.188. The summed E-state index contributed by atoms with van der Waals surface area (Å²) in [6.07, 6.45) is 9.69. The van der Waals surface area contributed by atoms with Crippen molar-refractivity contribution in [3.63, 3.8) is 0 Å². The number of aryl methyl sites for hydroxylation is 2. The number of para-hydroxylation sites is 2. The Kier molecular flexibility index (Phi) is 14.6. The van der Waals surface area contributed by atoms with Gasteiger partial charge in [0.2, 0.25) is 11.8 Å². The van der Waals surface area contributed by atoms with Crippen LogP contribution in [0.15, 0.2) is 115 Å². The molecule has 0 aliphatic heterocycles. The number of benzene rings is 4. The summed E-state index contributed by atoms with van der Waals surface area (Å²) in [4.78, 5) is 62.7. The van der Waals surface area contributed by atoms with Crippen LogP contribution in [0.1, 0.15) is 113 Å². The van der Waals surface area contributed by atoms with Crippen molar-refractivity contribution in [2.45, 2.75) is 105 Å². The third kappa shape index (κ3) is 10.0. The fourth-order valence-electron chi connectivity index (χ4n) is 8.76. The van der Waals surface area contributed by atoms with Crippen LogP contribution in [0.25, 0.3) is 66.8 Å². The van der Waals surface area contributed by atoms with Crippen molar-refractivity contribution in [1.29, 1.82) is 0 Å². The van der Waals surface area contributed by atoms with Crippen LogP contribution in [-0.2, 0) is 22.6 Å². The third-order valence-corrected chi connectivity index (χ3v) is 12.8. The fourth-order valence-corrected chi connectivity index (χ4v) is 8.76. The first-order valence-corrected chi connectivity index (χ1v) is 23.6. The van der Waals surface area contributed by atoms with Gasteiger partial charge in [0.25, 0.3) is 0 Å². The molecule has 0 N–H and O–H groups in total. The summed E-state index contributed by atoms with van der Waals surface area (Å²) >= 11 is 0. The van der Waals surface area contributed by atoms with E-state index in [-0.39, 0.29) is 33.7 Å². The van der Waals surface area contributed by atoms with E-state index < -0.39 is 23.2 Å². The van der Waals surface area contributed by atoms with Crippen LogP contribution in [-0.4, -0.2) is 44.3 Å². The number of hydrogen-bond donors (Lipinski definition) is 0. The number of carbonyl (C=O) groups excluding carboxylic acids is 2. The van der Waals surface area contributed by atoms with Crippen LogP contribution < -0.4 is 11.3 Å². The predicted octanol–water partition coefficient (Wildman–Crippen LogP) is 12.2. The summed E-state index contributed by atoms with van der Waals surface area (Å²) in [5.74, 6) is 0.0325. The molecule has 12 nitrogen and oxygen atoms in total. The van der Waals surface area contributed by atoms with E-state index in [1.54, 1.807) is 24.3 Å². The zero-order valence-corrected chi connectivity index (χ0v) is 38.3. The normalized spacial score (nSPS) is 12.6. The van der Waals surface area contributed by atoms with Gasteiger partial charge in [-0.2, -0.15) is 0 Å². The summed E-state index contributed by atoms with van der Waals surface area (Å²) in [5, 5.41) is 2.38. The fraction of sp³-hybridized carbons (Fsp3) is 0.370. The van der Waals surface area contributed by atoms with Crippen molar-refractivity contribution < 1.29 is 27.9 Å². The van der Waals surface area contributed by atoms with Crippen molar-refractivity contribution >= 4 is 55.6 Å². The van der Waals surface area contributed by atoms with Crippen molar-refractivity contribution in [2.24, 2.45) is 11.8 Å². The molecule has 0 amide bonds. The maximum Gasteiger partial charge on any atom is 0.347 e. The molecule has 0 bridgehead atoms. The summed E-state index contributed by atoms with van der Waals surface area (Å²) < 4.78 is 27.4. The topological polar surface area (TPSA) is 149 Å². The maximum atomic E-state index is 13.5. The Morgan fingerprint density at radius 3 is 1.39 bits per heavy atom. The smallest absolute Gasteiger partial charge is 0.347 e. The highest BCUT2D eigenvalue weighted by Gasteiger charge is 2.21. The highest BCUT2D eigenvalue weighted by atomic mass is 16.5. The average molecular weight is 891 g/mol. The molecule has 8 rings (SSSR count). The van der Waals surface area contributed by atoms with E-state index in [4.69, 9.17) is 28.3 Å². The minimum Gasteiger partial charge on any atom is -0.462 e. The molecule has 2 unspecified atom stereocenters. The second-order valence-corrected chi connectivity index (χ2v) is 17.3. The van der Waals surface area contributed by atoms with E-state index in [1.165, 1.54) is 12.1 Å². The summed E-state index contributed by atoms with van der Waals surface area (Å²) in [7, 11) is 0. The van der Waals surface area contributed by atoms with Crippen LogP contribution in [0.5, 0.6) is 0 Å². The lowest BCUT2D eigenvalue weighted by molar-refractivity contribution is 0.0420. The van der Waals surface area contributed by atoms with Crippen molar-refractivity contribution in [3.05, 3.63) is 129 Å². The monoisotopic (exact) mass is 890 g/mol. The highest BCUT2D eigenvalue weighted by molar-refractivity contribution is 5.96. The molecule has 4 aromatic carbocycles. The Hall–Kier alpha value is -6.82. The van der Waals surface area contributed by atoms with Crippen molar-refractivity contribution in [2.75, 3.05) is 13.2 Å². The van der Waals surface area contributed by atoms with E-state index in [2.05, 4.69) is 36.8 Å². The Morgan fingerprint density at radius 2 is 0.985 bits per heavy atom. The molecule has 8 aromatic rings. The zero-order chi connectivity index (χ0) is 46.2. The Labute approximate surface area is 383 Å². The van der Waals surface area contributed by atoms with E-state index in [0.717, 1.165) is 86.0 Å². The van der Waals surface area contributed by atoms with E-state index in [0.29, 0.717) is 60.6 Å². The number of esters is 2. The lowest BCUT2D eigenvalue weighted by Gasteiger charge is -2.14. The van der Waals surface area contributed by atoms with Crippen LogP contribution in [0.2, 0.25) is 0 Å². The van der Waals surface area contributed by atoms with E-state index in [9.17, 15) is 19.2 Å². The predicted molar refractivity (Wildman–Crippen MR) is 259 cm³/mol. The van der Waals surface area contributed by atoms with Crippen LogP contribution in [0.4, 0.5) is 0 Å². The number of ether oxygens (including phenoxy) is 2. The summed E-state index contributed by atoms with van der Waals surface area (Å²) in [6.45, 7) is 10.4. The number of nitrogens with zero attached hydrogens (tertiary/aromatic N) is 4. The largest absolute Gasteiger partial charge is 0.462 e. The van der Waals surface area contributed by atoms with Gasteiger partial charge in [-0.25, -0.2) is 29.1 Å². The number of carbonyl (C=O) groups is 2. The first-order chi connectivity index (χ1) is 32.2. The molecule has 2 atom stereocenters. The first kappa shape index (κ1) is 45.7. The second kappa shape index (κ2) is 21.0. The standard InChI is InChI=1S/C54H58N4O8/c1-5-9-17-35(7-3)33-63-51(59)39-23-25-43-41(29-39)53(61)65-49(55-43)47-31-37-19-11-13-21-45(37)57(47)27-15-16-28-58-46-22-14-12-20-38(46)32-48(58)50-56-44-26-24-40(30-42(44)54(62)66-50)52(60)64-34-36(8-4)18-10-6-2/h11-14,19-26,29-32,35-36H,5-10,15-18,27-28,33-34H2,1-4H3. The Balaban J connectivity index is 1.00. The molecular formula is C54H58N4O8. The molecule has 0 aliphatic rings. The van der Waals surface area contributed by atoms with Gasteiger partial charge in [-0.05, 0) is 98.2 Å². The van der Waals surface area contributed by atoms with Crippen molar-refractivity contribution in [1.82, 2.24) is 19.1 Å². The van der Waals surface area contributed by atoms with Gasteiger partial charge in [0.1, 0.15) is 11.4 Å². The molecule has 0 fully saturated rings. The first-order valence-electron chi connectivity index (χ1n) is 23.6. The van der Waals surface area contributed by atoms with Gasteiger partial charge in [-0.15, -0.1) is 0 Å². The minimum atomic E-state index is -0.585. The summed E-state index contributed by atoms with van der Waals surface area (Å²) in [5.41, 5.74) is 3.52. The lowest BCUT2D eigenvalue weighted by atomic mass is 10.0. The number of aromatic nitrogens is 4. The molecule has 0 saturated carbocycles. The average Bonchev–Trinajstić information content (AvgIpc) is 3.91. The van der Waals surface area contributed by atoms with Gasteiger partial charge in [-0.1, -0.05) is 103 Å². The van der Waals surface area contributed by atoms with Crippen LogP contribution in [0.3, 0.4) is 0 Å². The quantitative estimate of drug-likeness (QED) is 0.0504. The van der Waals surface area contributed by atoms with Gasteiger partial charge in [-0.3, -0.25) is 0 Å². The van der Waals surface area contributed by atoms with Crippen LogP contribution in [0, 0.1) is 11.8 Å². The Bertz CT molecular complexity index is 2910. The maximum absolute atomic E-state index is 13.5. The van der Waals surface area contributed by atoms with E-state index >= 15 is 0 Å². The molecule has 66 heavy (non-hydrogen) atoms. The lowest BCUT2D eigenvalue weighted by Crippen LogP contribution is -2.14. The van der Waals surface area contributed by atoms with Crippen LogP contribution >= 0.6 is 0 Å². The molecule has 4 heterocycles. The number of fused-ring (bicyclic) bond motifs is 4. The zero-order valence-electron chi connectivity index (χ0n) is 38.3. The van der Waals surface area contributed by atoms with Gasteiger partial charge >= 0.3 is 23.2 Å². The molecule has 0 spiro atoms. The second-order valence-electron chi connectivity index (χ2n) is 17.3. The molecule has 342 valence electrons. The Morgan fingerprint density at radius 1 is 0.561 bits per heavy atom. The SMILES string of the molecule is CCCCC(CC)COC(=O)c1ccc2nc(-c3cc4ccccc4n3CCCCn3c(-c4nc5ccc(C(=O)OCC(CC)CCCC)cc5c(=O)o4)cc4ccccc43)oc(=O)c2c1. The van der Waals surface area contributed by atoms with Gasteiger partial charge < -0.3 is 27.4 Å². The molecule has 0 radical (unpaired) electrons. The molecule has 0 aliphatic carbocycles. The molecular weight excluding hydrogens is 833 g/mol. The number of unbranched alkanes of at least 4 members (excludes halogenated alkanes) is 3. The number of hydrogen-bond acceptors (Lipinski definition) is 10. The molecule has 0 saturated heterocycles.